The molecule has 3 atom stereocenters. The normalized spacial score (nSPS) is 37.0. The Balaban J connectivity index is 2.41. The molecule has 0 radical (unpaired) electrons. The molecule has 0 N–H and O–H groups in total. The third-order valence-electron chi connectivity index (χ3n) is 3.82. The summed E-state index contributed by atoms with van der Waals surface area (Å²) in [5, 5.41) is 0. The van der Waals surface area contributed by atoms with Crippen molar-refractivity contribution in [2.24, 2.45) is 11.8 Å². The minimum absolute atomic E-state index is 1.10. The Labute approximate surface area is 80.6 Å². The second-order valence-corrected chi connectivity index (χ2v) is 5.84. The topological polar surface area (TPSA) is 0 Å². The van der Waals surface area contributed by atoms with Crippen LogP contribution in [0.3, 0.4) is 0 Å². The first-order valence-electron chi connectivity index (χ1n) is 5.79. The lowest BCUT2D eigenvalue weighted by atomic mass is 9.77. The Hall–Kier alpha value is 0.217. The van der Waals surface area contributed by atoms with Gasteiger partial charge >= 0.3 is 0 Å². The SMILES string of the molecule is CCCC1CCCC(CC)C1[SiH3]. The number of rotatable bonds is 3. The van der Waals surface area contributed by atoms with E-state index in [0.29, 0.717) is 0 Å². The summed E-state index contributed by atoms with van der Waals surface area (Å²) in [5.74, 6) is 2.21. The summed E-state index contributed by atoms with van der Waals surface area (Å²) in [6, 6.07) is 0. The molecule has 72 valence electrons. The van der Waals surface area contributed by atoms with Gasteiger partial charge in [-0.2, -0.15) is 0 Å². The first kappa shape index (κ1) is 10.3. The molecule has 0 heterocycles. The Morgan fingerprint density at radius 3 is 2.42 bits per heavy atom. The van der Waals surface area contributed by atoms with Crippen molar-refractivity contribution in [3.63, 3.8) is 0 Å². The molecule has 0 saturated heterocycles. The molecule has 0 aromatic carbocycles. The van der Waals surface area contributed by atoms with E-state index >= 15 is 0 Å². The summed E-state index contributed by atoms with van der Waals surface area (Å²) < 4.78 is 0. The van der Waals surface area contributed by atoms with Crippen molar-refractivity contribution in [3.8, 4) is 0 Å². The smallest absolute Gasteiger partial charge is 0.00743 e. The minimum atomic E-state index is 1.10. The summed E-state index contributed by atoms with van der Waals surface area (Å²) in [4.78, 5) is 0. The fraction of sp³-hybridized carbons (Fsp3) is 1.00. The Morgan fingerprint density at radius 1 is 1.17 bits per heavy atom. The Kier molecular flexibility index (Phi) is 4.34. The third-order valence-corrected chi connectivity index (χ3v) is 5.71. The van der Waals surface area contributed by atoms with Crippen molar-refractivity contribution < 1.29 is 0 Å². The first-order chi connectivity index (χ1) is 5.79. The van der Waals surface area contributed by atoms with Crippen LogP contribution in [-0.2, 0) is 0 Å². The van der Waals surface area contributed by atoms with Crippen LogP contribution in [0.5, 0.6) is 0 Å². The van der Waals surface area contributed by atoms with E-state index in [1.165, 1.54) is 42.3 Å². The van der Waals surface area contributed by atoms with Gasteiger partial charge in [-0.25, -0.2) is 0 Å². The summed E-state index contributed by atoms with van der Waals surface area (Å²) >= 11 is 0. The molecule has 0 amide bonds. The first-order valence-corrected chi connectivity index (χ1v) is 6.95. The van der Waals surface area contributed by atoms with Crippen molar-refractivity contribution in [2.45, 2.75) is 57.9 Å². The van der Waals surface area contributed by atoms with E-state index in [4.69, 9.17) is 0 Å². The summed E-state index contributed by atoms with van der Waals surface area (Å²) in [5.41, 5.74) is 1.14. The van der Waals surface area contributed by atoms with Crippen LogP contribution in [0.25, 0.3) is 0 Å². The molecule has 0 spiro atoms. The fourth-order valence-corrected chi connectivity index (χ4v) is 4.38. The van der Waals surface area contributed by atoms with E-state index in [1.807, 2.05) is 0 Å². The van der Waals surface area contributed by atoms with Crippen LogP contribution in [0.4, 0.5) is 0 Å². The van der Waals surface area contributed by atoms with E-state index in [-0.39, 0.29) is 0 Å². The van der Waals surface area contributed by atoms with Crippen molar-refractivity contribution in [1.82, 2.24) is 0 Å². The van der Waals surface area contributed by atoms with Crippen LogP contribution < -0.4 is 0 Å². The van der Waals surface area contributed by atoms with Crippen LogP contribution >= 0.6 is 0 Å². The molecule has 0 aromatic rings. The molecule has 0 aliphatic heterocycles. The molecular weight excluding hydrogens is 160 g/mol. The monoisotopic (exact) mass is 184 g/mol. The number of hydrogen-bond acceptors (Lipinski definition) is 0. The van der Waals surface area contributed by atoms with Gasteiger partial charge in [0.2, 0.25) is 0 Å². The van der Waals surface area contributed by atoms with Gasteiger partial charge in [0.05, 0.1) is 0 Å². The van der Waals surface area contributed by atoms with Crippen molar-refractivity contribution in [2.75, 3.05) is 0 Å². The lowest BCUT2D eigenvalue weighted by molar-refractivity contribution is 0.249. The summed E-state index contributed by atoms with van der Waals surface area (Å²) in [7, 11) is 1.44. The minimum Gasteiger partial charge on any atom is -0.0654 e. The molecule has 3 unspecified atom stereocenters. The van der Waals surface area contributed by atoms with Crippen LogP contribution in [0.15, 0.2) is 0 Å². The summed E-state index contributed by atoms with van der Waals surface area (Å²) in [6.45, 7) is 4.72. The van der Waals surface area contributed by atoms with Gasteiger partial charge < -0.3 is 0 Å². The molecule has 1 fully saturated rings. The highest BCUT2D eigenvalue weighted by Crippen LogP contribution is 2.40. The van der Waals surface area contributed by atoms with Crippen molar-refractivity contribution >= 4 is 10.2 Å². The van der Waals surface area contributed by atoms with Gasteiger partial charge in [0.25, 0.3) is 0 Å². The Bertz CT molecular complexity index is 120. The highest BCUT2D eigenvalue weighted by molar-refractivity contribution is 6.12. The van der Waals surface area contributed by atoms with Crippen LogP contribution in [0.1, 0.15) is 52.4 Å². The van der Waals surface area contributed by atoms with E-state index < -0.39 is 0 Å². The van der Waals surface area contributed by atoms with Gasteiger partial charge in [0.1, 0.15) is 0 Å². The lowest BCUT2D eigenvalue weighted by Crippen LogP contribution is -2.23. The van der Waals surface area contributed by atoms with Gasteiger partial charge in [0.15, 0.2) is 0 Å². The Morgan fingerprint density at radius 2 is 1.83 bits per heavy atom. The van der Waals surface area contributed by atoms with E-state index in [2.05, 4.69) is 13.8 Å². The summed E-state index contributed by atoms with van der Waals surface area (Å²) in [6.07, 6.45) is 8.93. The maximum Gasteiger partial charge on any atom is 0.00743 e. The predicted molar refractivity (Wildman–Crippen MR) is 59.7 cm³/mol. The van der Waals surface area contributed by atoms with Crippen LogP contribution in [0.2, 0.25) is 5.54 Å². The lowest BCUT2D eigenvalue weighted by Gasteiger charge is -2.35. The average molecular weight is 184 g/mol. The molecule has 1 aliphatic rings. The van der Waals surface area contributed by atoms with Gasteiger partial charge in [-0.05, 0) is 17.4 Å². The highest BCUT2D eigenvalue weighted by Gasteiger charge is 2.27. The molecular formula is C11H24Si. The average Bonchev–Trinajstić information content (AvgIpc) is 2.09. The molecule has 1 saturated carbocycles. The van der Waals surface area contributed by atoms with E-state index in [9.17, 15) is 0 Å². The molecule has 0 nitrogen and oxygen atoms in total. The molecule has 0 aromatic heterocycles. The molecule has 1 rings (SSSR count). The standard InChI is InChI=1S/C11H24Si/c1-3-6-10-8-5-7-9(4-2)11(10)12/h9-11H,3-8H2,1-2,12H3. The molecule has 1 heteroatoms. The predicted octanol–water partition coefficient (Wildman–Crippen LogP) is 2.77. The van der Waals surface area contributed by atoms with Crippen molar-refractivity contribution in [3.05, 3.63) is 0 Å². The second kappa shape index (κ2) is 5.06. The van der Waals surface area contributed by atoms with Crippen molar-refractivity contribution in [1.29, 1.82) is 0 Å². The zero-order valence-electron chi connectivity index (χ0n) is 8.97. The van der Waals surface area contributed by atoms with Gasteiger partial charge in [-0.1, -0.05) is 52.4 Å². The third kappa shape index (κ3) is 2.35. The van der Waals surface area contributed by atoms with Crippen LogP contribution in [-0.4, -0.2) is 10.2 Å². The van der Waals surface area contributed by atoms with E-state index in [0.717, 1.165) is 17.4 Å². The molecule has 1 aliphatic carbocycles. The number of hydrogen-bond donors (Lipinski definition) is 0. The molecule has 0 bridgehead atoms. The van der Waals surface area contributed by atoms with Gasteiger partial charge in [-0.15, -0.1) is 0 Å². The van der Waals surface area contributed by atoms with Crippen LogP contribution in [0, 0.1) is 11.8 Å². The largest absolute Gasteiger partial charge is 0.0654 e. The zero-order valence-corrected chi connectivity index (χ0v) is 11.0. The highest BCUT2D eigenvalue weighted by atomic mass is 28.1. The maximum atomic E-state index is 2.38. The second-order valence-electron chi connectivity index (χ2n) is 4.51. The zero-order chi connectivity index (χ0) is 8.97. The van der Waals surface area contributed by atoms with Gasteiger partial charge in [0, 0.05) is 10.2 Å². The fourth-order valence-electron chi connectivity index (χ4n) is 2.91. The molecule has 12 heavy (non-hydrogen) atoms. The van der Waals surface area contributed by atoms with E-state index in [1.54, 1.807) is 6.42 Å². The maximum absolute atomic E-state index is 2.38. The quantitative estimate of drug-likeness (QED) is 0.592. The van der Waals surface area contributed by atoms with Gasteiger partial charge in [-0.3, -0.25) is 0 Å².